The fourth-order valence-electron chi connectivity index (χ4n) is 1.61. The van der Waals surface area contributed by atoms with Crippen molar-refractivity contribution in [3.63, 3.8) is 0 Å². The Kier molecular flexibility index (Phi) is 5.06. The van der Waals surface area contributed by atoms with Gasteiger partial charge in [0.25, 0.3) is 0 Å². The van der Waals surface area contributed by atoms with Crippen molar-refractivity contribution < 1.29 is 5.11 Å². The average Bonchev–Trinajstić information content (AvgIpc) is 2.15. The normalized spacial score (nSPS) is 15.2. The van der Waals surface area contributed by atoms with Gasteiger partial charge < -0.3 is 10.8 Å². The van der Waals surface area contributed by atoms with Gasteiger partial charge in [0.15, 0.2) is 0 Å². The summed E-state index contributed by atoms with van der Waals surface area (Å²) in [6.45, 7) is 4.08. The molecule has 2 nitrogen and oxygen atoms in total. The molecule has 0 bridgehead atoms. The molecule has 4 heteroatoms. The number of rotatable bonds is 4. The monoisotopic (exact) mass is 261 g/mol. The highest BCUT2D eigenvalue weighted by molar-refractivity contribution is 6.35. The summed E-state index contributed by atoms with van der Waals surface area (Å²) in [5.41, 5.74) is 6.70. The summed E-state index contributed by atoms with van der Waals surface area (Å²) in [5.74, 6) is 0.395. The quantitative estimate of drug-likeness (QED) is 0.873. The Hall–Kier alpha value is -0.280. The molecule has 16 heavy (non-hydrogen) atoms. The summed E-state index contributed by atoms with van der Waals surface area (Å²) in [6.07, 6.45) is 0.0683. The average molecular weight is 262 g/mol. The number of hydrogen-bond acceptors (Lipinski definition) is 2. The number of nitrogens with two attached hydrogens (primary N) is 1. The summed E-state index contributed by atoms with van der Waals surface area (Å²) in [4.78, 5) is 0. The van der Waals surface area contributed by atoms with Gasteiger partial charge in [-0.15, -0.1) is 0 Å². The second-order valence-electron chi connectivity index (χ2n) is 4.39. The molecule has 0 aliphatic carbocycles. The maximum atomic E-state index is 9.92. The molecule has 0 spiro atoms. The van der Waals surface area contributed by atoms with Gasteiger partial charge in [0.05, 0.1) is 12.1 Å². The Labute approximate surface area is 106 Å². The van der Waals surface area contributed by atoms with Crippen molar-refractivity contribution in [2.45, 2.75) is 32.4 Å². The lowest BCUT2D eigenvalue weighted by Crippen LogP contribution is -2.27. The van der Waals surface area contributed by atoms with Crippen molar-refractivity contribution in [1.82, 2.24) is 0 Å². The molecule has 0 radical (unpaired) electrons. The molecule has 0 aliphatic heterocycles. The third kappa shape index (κ3) is 3.63. The van der Waals surface area contributed by atoms with Crippen LogP contribution < -0.4 is 5.73 Å². The molecule has 2 atom stereocenters. The van der Waals surface area contributed by atoms with Gasteiger partial charge in [-0.05, 0) is 30.0 Å². The number of hydrogen-bond donors (Lipinski definition) is 2. The number of benzene rings is 1. The van der Waals surface area contributed by atoms with Crippen LogP contribution in [0.15, 0.2) is 18.2 Å². The van der Waals surface area contributed by atoms with E-state index in [0.29, 0.717) is 22.4 Å². The fourth-order valence-corrected chi connectivity index (χ4v) is 2.14. The van der Waals surface area contributed by atoms with Crippen LogP contribution in [0, 0.1) is 5.92 Å². The zero-order chi connectivity index (χ0) is 12.3. The molecule has 1 rings (SSSR count). The Balaban J connectivity index is 2.83. The van der Waals surface area contributed by atoms with Crippen LogP contribution in [0.2, 0.25) is 10.0 Å². The molecule has 0 heterocycles. The van der Waals surface area contributed by atoms with Crippen molar-refractivity contribution in [2.75, 3.05) is 0 Å². The summed E-state index contributed by atoms with van der Waals surface area (Å²) < 4.78 is 0. The topological polar surface area (TPSA) is 46.2 Å². The molecular weight excluding hydrogens is 245 g/mol. The Bertz CT molecular complexity index is 355. The predicted molar refractivity (Wildman–Crippen MR) is 68.9 cm³/mol. The molecule has 0 amide bonds. The minimum Gasteiger partial charge on any atom is -0.391 e. The summed E-state index contributed by atoms with van der Waals surface area (Å²) in [5, 5.41) is 11.0. The lowest BCUT2D eigenvalue weighted by molar-refractivity contribution is 0.121. The lowest BCUT2D eigenvalue weighted by Gasteiger charge is -2.21. The minimum absolute atomic E-state index is 0.395. The van der Waals surface area contributed by atoms with E-state index in [4.69, 9.17) is 28.9 Å². The summed E-state index contributed by atoms with van der Waals surface area (Å²) in [6, 6.07) is 4.66. The molecular formula is C12H17Cl2NO. The van der Waals surface area contributed by atoms with E-state index in [1.54, 1.807) is 18.2 Å². The first kappa shape index (κ1) is 13.8. The molecule has 0 aromatic heterocycles. The van der Waals surface area contributed by atoms with Crippen LogP contribution in [0.4, 0.5) is 0 Å². The number of aliphatic hydroxyl groups is 1. The van der Waals surface area contributed by atoms with Gasteiger partial charge in [-0.25, -0.2) is 0 Å². The third-order valence-electron chi connectivity index (χ3n) is 2.45. The van der Waals surface area contributed by atoms with Gasteiger partial charge in [-0.1, -0.05) is 43.1 Å². The van der Waals surface area contributed by atoms with Crippen LogP contribution in [0.25, 0.3) is 0 Å². The van der Waals surface area contributed by atoms with Crippen LogP contribution in [0.1, 0.15) is 31.9 Å². The Morgan fingerprint density at radius 2 is 1.94 bits per heavy atom. The Morgan fingerprint density at radius 3 is 2.44 bits per heavy atom. The zero-order valence-electron chi connectivity index (χ0n) is 9.45. The fraction of sp³-hybridized carbons (Fsp3) is 0.500. The van der Waals surface area contributed by atoms with Crippen LogP contribution in [0.3, 0.4) is 0 Å². The van der Waals surface area contributed by atoms with Gasteiger partial charge in [0.2, 0.25) is 0 Å². The molecule has 0 aliphatic rings. The van der Waals surface area contributed by atoms with Gasteiger partial charge in [-0.3, -0.25) is 0 Å². The van der Waals surface area contributed by atoms with Crippen LogP contribution >= 0.6 is 23.2 Å². The smallest absolute Gasteiger partial charge is 0.0735 e. The van der Waals surface area contributed by atoms with Gasteiger partial charge in [0.1, 0.15) is 0 Å². The van der Waals surface area contributed by atoms with Crippen molar-refractivity contribution in [3.05, 3.63) is 33.8 Å². The van der Waals surface area contributed by atoms with E-state index < -0.39 is 12.1 Å². The van der Waals surface area contributed by atoms with Crippen LogP contribution in [0.5, 0.6) is 0 Å². The standard InChI is InChI=1S/C12H17Cl2NO/c1-7(2)5-11(16)12(15)9-4-3-8(13)6-10(9)14/h3-4,6-7,11-12,16H,5,15H2,1-2H3/t11-,12+/m1/s1. The van der Waals surface area contributed by atoms with E-state index in [1.165, 1.54) is 0 Å². The molecule has 0 saturated heterocycles. The second kappa shape index (κ2) is 5.87. The van der Waals surface area contributed by atoms with Crippen LogP contribution in [-0.2, 0) is 0 Å². The largest absolute Gasteiger partial charge is 0.391 e. The van der Waals surface area contributed by atoms with Crippen molar-refractivity contribution in [3.8, 4) is 0 Å². The molecule has 0 fully saturated rings. The van der Waals surface area contributed by atoms with E-state index >= 15 is 0 Å². The maximum Gasteiger partial charge on any atom is 0.0735 e. The first-order chi connectivity index (χ1) is 7.41. The van der Waals surface area contributed by atoms with E-state index in [9.17, 15) is 5.11 Å². The number of halogens is 2. The molecule has 90 valence electrons. The van der Waals surface area contributed by atoms with Crippen LogP contribution in [-0.4, -0.2) is 11.2 Å². The molecule has 0 unspecified atom stereocenters. The van der Waals surface area contributed by atoms with Crippen molar-refractivity contribution >= 4 is 23.2 Å². The lowest BCUT2D eigenvalue weighted by atomic mass is 9.95. The first-order valence-corrected chi connectivity index (χ1v) is 6.06. The van der Waals surface area contributed by atoms with Gasteiger partial charge in [0, 0.05) is 10.0 Å². The van der Waals surface area contributed by atoms with Gasteiger partial charge in [-0.2, -0.15) is 0 Å². The van der Waals surface area contributed by atoms with E-state index in [1.807, 2.05) is 13.8 Å². The van der Waals surface area contributed by atoms with Gasteiger partial charge >= 0.3 is 0 Å². The minimum atomic E-state index is -0.585. The van der Waals surface area contributed by atoms with Crippen molar-refractivity contribution in [2.24, 2.45) is 11.7 Å². The SMILES string of the molecule is CC(C)C[C@@H](O)[C@@H](N)c1ccc(Cl)cc1Cl. The third-order valence-corrected chi connectivity index (χ3v) is 3.01. The predicted octanol–water partition coefficient (Wildman–Crippen LogP) is 3.40. The van der Waals surface area contributed by atoms with E-state index in [-0.39, 0.29) is 0 Å². The maximum absolute atomic E-state index is 9.92. The summed E-state index contributed by atoms with van der Waals surface area (Å²) >= 11 is 11.8. The first-order valence-electron chi connectivity index (χ1n) is 5.30. The molecule has 1 aromatic carbocycles. The zero-order valence-corrected chi connectivity index (χ0v) is 11.0. The van der Waals surface area contributed by atoms with Crippen molar-refractivity contribution in [1.29, 1.82) is 0 Å². The summed E-state index contributed by atoms with van der Waals surface area (Å²) in [7, 11) is 0. The molecule has 0 saturated carbocycles. The Morgan fingerprint density at radius 1 is 1.31 bits per heavy atom. The van der Waals surface area contributed by atoms with E-state index in [2.05, 4.69) is 0 Å². The highest BCUT2D eigenvalue weighted by atomic mass is 35.5. The number of aliphatic hydroxyl groups excluding tert-OH is 1. The second-order valence-corrected chi connectivity index (χ2v) is 5.23. The molecule has 1 aromatic rings. The highest BCUT2D eigenvalue weighted by Gasteiger charge is 2.20. The van der Waals surface area contributed by atoms with E-state index in [0.717, 1.165) is 5.56 Å². The molecule has 3 N–H and O–H groups in total. The highest BCUT2D eigenvalue weighted by Crippen LogP contribution is 2.28.